The average molecular weight is 376 g/mol. The molecule has 0 aliphatic rings. The van der Waals surface area contributed by atoms with Gasteiger partial charge in [0.25, 0.3) is 0 Å². The van der Waals surface area contributed by atoms with E-state index in [1.807, 2.05) is 0 Å². The first-order valence-electron chi connectivity index (χ1n) is 6.87. The van der Waals surface area contributed by atoms with E-state index in [2.05, 4.69) is 4.99 Å². The average Bonchev–Trinajstić information content (AvgIpc) is 2.51. The number of benzene rings is 2. The van der Waals surface area contributed by atoms with E-state index in [9.17, 15) is 27.1 Å². The summed E-state index contributed by atoms with van der Waals surface area (Å²) in [5.41, 5.74) is 1.37. The molecule has 1 atom stereocenters. The molecule has 0 aliphatic heterocycles. The Labute approximate surface area is 144 Å². The number of amidine groups is 1. The highest BCUT2D eigenvalue weighted by Crippen LogP contribution is 2.33. The van der Waals surface area contributed by atoms with Gasteiger partial charge in [0.1, 0.15) is 23.2 Å². The molecule has 0 saturated carbocycles. The summed E-state index contributed by atoms with van der Waals surface area (Å²) in [6.07, 6.45) is -5.05. The monoisotopic (exact) mass is 376 g/mol. The summed E-state index contributed by atoms with van der Waals surface area (Å²) in [7, 11) is 0. The van der Waals surface area contributed by atoms with Gasteiger partial charge in [0.2, 0.25) is 5.60 Å². The Morgan fingerprint density at radius 3 is 2.12 bits per heavy atom. The van der Waals surface area contributed by atoms with Gasteiger partial charge in [-0.1, -0.05) is 11.8 Å². The number of halogens is 5. The molecule has 2 aromatic rings. The lowest BCUT2D eigenvalue weighted by molar-refractivity contribution is -0.223. The molecule has 2 aromatic carbocycles. The van der Waals surface area contributed by atoms with Crippen LogP contribution in [0.3, 0.4) is 0 Å². The number of rotatable bonds is 4. The number of hydrogen-bond acceptors (Lipinski definition) is 3. The summed E-state index contributed by atoms with van der Waals surface area (Å²) in [5.74, 6) is -2.49. The zero-order chi connectivity index (χ0) is 18.8. The predicted molar refractivity (Wildman–Crippen MR) is 84.9 cm³/mol. The second-order valence-electron chi connectivity index (χ2n) is 5.24. The molecule has 25 heavy (non-hydrogen) atoms. The van der Waals surface area contributed by atoms with Gasteiger partial charge in [-0.3, -0.25) is 0 Å². The van der Waals surface area contributed by atoms with E-state index in [0.29, 0.717) is 16.7 Å². The molecule has 0 aromatic heterocycles. The second kappa shape index (κ2) is 7.01. The normalized spacial score (nSPS) is 15.1. The molecule has 0 unspecified atom stereocenters. The van der Waals surface area contributed by atoms with Gasteiger partial charge in [-0.05, 0) is 49.4 Å². The molecule has 0 fully saturated rings. The topological polar surface area (TPSA) is 58.6 Å². The first-order chi connectivity index (χ1) is 11.5. The Morgan fingerprint density at radius 1 is 1.04 bits per heavy atom. The molecule has 134 valence electrons. The van der Waals surface area contributed by atoms with E-state index < -0.39 is 34.9 Å². The summed E-state index contributed by atoms with van der Waals surface area (Å²) in [6, 6.07) is 9.12. The number of aliphatic imine (C=N–C) groups is 1. The summed E-state index contributed by atoms with van der Waals surface area (Å²) in [5, 5.41) is 9.41. The largest absolute Gasteiger partial charge is 0.424 e. The van der Waals surface area contributed by atoms with Gasteiger partial charge in [0.15, 0.2) is 0 Å². The molecule has 3 N–H and O–H groups in total. The van der Waals surface area contributed by atoms with Crippen LogP contribution < -0.4 is 5.73 Å². The van der Waals surface area contributed by atoms with E-state index in [1.165, 1.54) is 30.3 Å². The van der Waals surface area contributed by atoms with Crippen molar-refractivity contribution in [1.82, 2.24) is 0 Å². The van der Waals surface area contributed by atoms with Gasteiger partial charge in [-0.2, -0.15) is 13.2 Å². The Balaban J connectivity index is 2.24. The third-order valence-electron chi connectivity index (χ3n) is 3.26. The maximum absolute atomic E-state index is 14.1. The van der Waals surface area contributed by atoms with Crippen LogP contribution in [0.15, 0.2) is 57.2 Å². The molecular formula is C16H13F5N2OS. The zero-order valence-corrected chi connectivity index (χ0v) is 13.6. The van der Waals surface area contributed by atoms with Crippen molar-refractivity contribution in [1.29, 1.82) is 0 Å². The Kier molecular flexibility index (Phi) is 5.38. The molecule has 0 radical (unpaired) electrons. The van der Waals surface area contributed by atoms with Crippen LogP contribution in [-0.2, 0) is 0 Å². The van der Waals surface area contributed by atoms with E-state index >= 15 is 0 Å². The van der Waals surface area contributed by atoms with Crippen molar-refractivity contribution in [2.24, 2.45) is 10.7 Å². The van der Waals surface area contributed by atoms with Crippen LogP contribution in [0.25, 0.3) is 0 Å². The summed E-state index contributed by atoms with van der Waals surface area (Å²) < 4.78 is 65.0. The smallest absolute Gasteiger partial charge is 0.384 e. The van der Waals surface area contributed by atoms with Crippen molar-refractivity contribution < 1.29 is 27.1 Å². The molecule has 0 spiro atoms. The summed E-state index contributed by atoms with van der Waals surface area (Å²) in [6.45, 7) is 0.433. The van der Waals surface area contributed by atoms with Crippen LogP contribution in [0.2, 0.25) is 0 Å². The van der Waals surface area contributed by atoms with Crippen molar-refractivity contribution in [3.8, 4) is 0 Å². The van der Waals surface area contributed by atoms with E-state index in [0.717, 1.165) is 23.9 Å². The van der Waals surface area contributed by atoms with E-state index in [1.54, 1.807) is 0 Å². The van der Waals surface area contributed by atoms with Crippen LogP contribution >= 0.6 is 11.8 Å². The number of nitrogens with two attached hydrogens (primary N) is 1. The van der Waals surface area contributed by atoms with Crippen molar-refractivity contribution in [3.63, 3.8) is 0 Å². The molecule has 0 bridgehead atoms. The maximum atomic E-state index is 14.1. The summed E-state index contributed by atoms with van der Waals surface area (Å²) >= 11 is 1.13. The van der Waals surface area contributed by atoms with Crippen LogP contribution in [-0.4, -0.2) is 22.7 Å². The highest BCUT2D eigenvalue weighted by Gasteiger charge is 2.53. The van der Waals surface area contributed by atoms with Gasteiger partial charge in [0.05, 0.1) is 0 Å². The molecular weight excluding hydrogens is 363 g/mol. The molecule has 0 heterocycles. The lowest BCUT2D eigenvalue weighted by Crippen LogP contribution is -2.52. The van der Waals surface area contributed by atoms with E-state index in [-0.39, 0.29) is 0 Å². The SMILES string of the molecule is C[C@@](O)(C(N)=Nc1ccc(Sc2ccc(F)cc2)cc1F)C(F)(F)F. The molecule has 3 nitrogen and oxygen atoms in total. The first kappa shape index (κ1) is 19.2. The highest BCUT2D eigenvalue weighted by molar-refractivity contribution is 7.99. The second-order valence-corrected chi connectivity index (χ2v) is 6.38. The highest BCUT2D eigenvalue weighted by atomic mass is 32.2. The van der Waals surface area contributed by atoms with Crippen molar-refractivity contribution in [2.75, 3.05) is 0 Å². The lowest BCUT2D eigenvalue weighted by atomic mass is 10.1. The number of aliphatic hydroxyl groups is 1. The maximum Gasteiger partial charge on any atom is 0.424 e. The fraction of sp³-hybridized carbons (Fsp3) is 0.188. The number of alkyl halides is 3. The quantitative estimate of drug-likeness (QED) is 0.472. The third-order valence-corrected chi connectivity index (χ3v) is 4.26. The first-order valence-corrected chi connectivity index (χ1v) is 7.69. The Hall–Kier alpha value is -2.13. The minimum atomic E-state index is -5.05. The van der Waals surface area contributed by atoms with Crippen LogP contribution in [0, 0.1) is 11.6 Å². The molecule has 0 amide bonds. The van der Waals surface area contributed by atoms with Gasteiger partial charge in [0, 0.05) is 9.79 Å². The lowest BCUT2D eigenvalue weighted by Gasteiger charge is -2.25. The minimum absolute atomic E-state index is 0.410. The predicted octanol–water partition coefficient (Wildman–Crippen LogP) is 4.42. The fourth-order valence-electron chi connectivity index (χ4n) is 1.66. The van der Waals surface area contributed by atoms with Crippen LogP contribution in [0.4, 0.5) is 27.6 Å². The minimum Gasteiger partial charge on any atom is -0.384 e. The molecule has 0 aliphatic carbocycles. The van der Waals surface area contributed by atoms with Crippen molar-refractivity contribution in [2.45, 2.75) is 28.5 Å². The summed E-state index contributed by atoms with van der Waals surface area (Å²) in [4.78, 5) is 4.43. The van der Waals surface area contributed by atoms with E-state index in [4.69, 9.17) is 5.73 Å². The van der Waals surface area contributed by atoms with Gasteiger partial charge in [-0.15, -0.1) is 0 Å². The van der Waals surface area contributed by atoms with Crippen LogP contribution in [0.1, 0.15) is 6.92 Å². The van der Waals surface area contributed by atoms with Gasteiger partial charge < -0.3 is 10.8 Å². The standard InChI is InChI=1S/C16H13F5N2OS/c1-15(24,16(19,20)21)14(22)23-13-7-6-11(8-12(13)18)25-10-4-2-9(17)3-5-10/h2-8,24H,1H3,(H2,22,23)/t15-/m1/s1. The van der Waals surface area contributed by atoms with Crippen molar-refractivity contribution in [3.05, 3.63) is 54.1 Å². The zero-order valence-electron chi connectivity index (χ0n) is 12.8. The van der Waals surface area contributed by atoms with Crippen LogP contribution in [0.5, 0.6) is 0 Å². The number of nitrogens with zero attached hydrogens (tertiary/aromatic N) is 1. The van der Waals surface area contributed by atoms with Gasteiger partial charge >= 0.3 is 6.18 Å². The Bertz CT molecular complexity index is 788. The Morgan fingerprint density at radius 2 is 1.60 bits per heavy atom. The number of hydrogen-bond donors (Lipinski definition) is 2. The molecule has 9 heteroatoms. The fourth-order valence-corrected chi connectivity index (χ4v) is 2.51. The third kappa shape index (κ3) is 4.49. The van der Waals surface area contributed by atoms with Crippen molar-refractivity contribution >= 4 is 23.3 Å². The van der Waals surface area contributed by atoms with Gasteiger partial charge in [-0.25, -0.2) is 13.8 Å². The molecule has 2 rings (SSSR count). The molecule has 0 saturated heterocycles.